The van der Waals surface area contributed by atoms with Crippen molar-refractivity contribution in [2.24, 2.45) is 11.5 Å². The van der Waals surface area contributed by atoms with Gasteiger partial charge < -0.3 is 26.0 Å². The molecule has 0 aromatic heterocycles. The van der Waals surface area contributed by atoms with E-state index >= 15 is 0 Å². The maximum absolute atomic E-state index is 10.6. The minimum Gasteiger partial charge on any atom is -0.441 e. The molecule has 0 atom stereocenters. The van der Waals surface area contributed by atoms with Crippen LogP contribution >= 0.6 is 0 Å². The van der Waals surface area contributed by atoms with Gasteiger partial charge in [-0.25, -0.2) is 0 Å². The lowest BCUT2D eigenvalue weighted by atomic mass is 10.2. The van der Waals surface area contributed by atoms with E-state index in [4.69, 9.17) is 20.9 Å². The summed E-state index contributed by atoms with van der Waals surface area (Å²) in [5.74, 6) is 0.958. The fourth-order valence-electron chi connectivity index (χ4n) is 2.78. The first kappa shape index (κ1) is 24.2. The molecule has 7 heteroatoms. The summed E-state index contributed by atoms with van der Waals surface area (Å²) in [5.41, 5.74) is 12.7. The van der Waals surface area contributed by atoms with Crippen molar-refractivity contribution in [3.05, 3.63) is 122 Å². The molecule has 166 valence electrons. The lowest BCUT2D eigenvalue weighted by molar-refractivity contribution is -0.390. The van der Waals surface area contributed by atoms with Crippen LogP contribution in [0, 0.1) is 0 Å². The van der Waals surface area contributed by atoms with Crippen LogP contribution in [0.3, 0.4) is 0 Å². The molecule has 0 aliphatic heterocycles. The van der Waals surface area contributed by atoms with E-state index in [1.807, 2.05) is 60.7 Å². The molecular formula is C25H30N4O3+2. The Labute approximate surface area is 188 Å². The molecule has 0 unspecified atom stereocenters. The Kier molecular flexibility index (Phi) is 10.0. The van der Waals surface area contributed by atoms with Gasteiger partial charge in [0.05, 0.1) is 23.5 Å². The van der Waals surface area contributed by atoms with E-state index in [0.29, 0.717) is 11.8 Å². The van der Waals surface area contributed by atoms with Crippen LogP contribution in [0.15, 0.2) is 111 Å². The molecule has 0 radical (unpaired) electrons. The minimum absolute atomic E-state index is 0.0180. The molecule has 0 amide bonds. The number of benzene rings is 2. The largest absolute Gasteiger partial charge is 0.441 e. The first-order chi connectivity index (χ1) is 15.6. The van der Waals surface area contributed by atoms with Crippen LogP contribution < -0.4 is 11.5 Å². The Bertz CT molecular complexity index is 915. The molecule has 0 aliphatic rings. The number of aliphatic hydroxyl groups is 1. The maximum Gasteiger partial charge on any atom is 0.380 e. The second kappa shape index (κ2) is 13.3. The number of hydrogen-bond donors (Lipinski definition) is 3. The average Bonchev–Trinajstić information content (AvgIpc) is 2.84. The second-order valence-corrected chi connectivity index (χ2v) is 6.48. The van der Waals surface area contributed by atoms with Crippen LogP contribution in [0.25, 0.3) is 0 Å². The van der Waals surface area contributed by atoms with Crippen molar-refractivity contribution >= 4 is 11.8 Å². The topological polar surface area (TPSA) is 96.8 Å². The van der Waals surface area contributed by atoms with Gasteiger partial charge in [0, 0.05) is 0 Å². The Balaban J connectivity index is 2.18. The Morgan fingerprint density at radius 3 is 1.47 bits per heavy atom. The highest BCUT2D eigenvalue weighted by Crippen LogP contribution is 2.07. The summed E-state index contributed by atoms with van der Waals surface area (Å²) >= 11 is 0. The van der Waals surface area contributed by atoms with Crippen LogP contribution in [-0.4, -0.2) is 45.4 Å². The molecule has 0 saturated carbocycles. The van der Waals surface area contributed by atoms with Crippen molar-refractivity contribution in [1.82, 2.24) is 0 Å². The number of aliphatic hydroxyl groups excluding tert-OH is 1. The van der Waals surface area contributed by atoms with Crippen LogP contribution in [0.4, 0.5) is 0 Å². The zero-order chi connectivity index (χ0) is 23.2. The van der Waals surface area contributed by atoms with E-state index in [2.05, 4.69) is 13.2 Å². The molecule has 2 rings (SSSR count). The molecule has 0 aliphatic carbocycles. The summed E-state index contributed by atoms with van der Waals surface area (Å²) in [5, 5.41) is 10.6. The molecule has 0 fully saturated rings. The molecule has 2 aromatic carbocycles. The van der Waals surface area contributed by atoms with Gasteiger partial charge in [-0.3, -0.25) is 0 Å². The highest BCUT2D eigenvalue weighted by atomic mass is 16.5. The number of ether oxygens (including phenoxy) is 2. The Morgan fingerprint density at radius 1 is 0.781 bits per heavy atom. The van der Waals surface area contributed by atoms with Gasteiger partial charge in [0.25, 0.3) is 0 Å². The number of rotatable bonds is 10. The van der Waals surface area contributed by atoms with E-state index in [1.165, 1.54) is 12.4 Å². The van der Waals surface area contributed by atoms with E-state index in [-0.39, 0.29) is 13.2 Å². The highest BCUT2D eigenvalue weighted by molar-refractivity contribution is 5.91. The van der Waals surface area contributed by atoms with Crippen molar-refractivity contribution < 1.29 is 23.7 Å². The zero-order valence-corrected chi connectivity index (χ0v) is 18.0. The number of hydrogen-bond acceptors (Lipinski definition) is 5. The monoisotopic (exact) mass is 434 g/mol. The third-order valence-electron chi connectivity index (χ3n) is 4.22. The van der Waals surface area contributed by atoms with Crippen LogP contribution in [-0.2, 0) is 9.47 Å². The predicted molar refractivity (Wildman–Crippen MR) is 127 cm³/mol. The summed E-state index contributed by atoms with van der Waals surface area (Å²) in [7, 11) is 0. The van der Waals surface area contributed by atoms with Crippen molar-refractivity contribution in [1.29, 1.82) is 0 Å². The summed E-state index contributed by atoms with van der Waals surface area (Å²) in [4.78, 5) is 0. The van der Waals surface area contributed by atoms with Crippen LogP contribution in [0.2, 0.25) is 0 Å². The minimum atomic E-state index is -0.922. The van der Waals surface area contributed by atoms with Crippen LogP contribution in [0.5, 0.6) is 0 Å². The Hall–Kier alpha value is -4.10. The van der Waals surface area contributed by atoms with E-state index in [1.54, 1.807) is 34.0 Å². The van der Waals surface area contributed by atoms with Gasteiger partial charge in [-0.2, -0.15) is 0 Å². The quantitative estimate of drug-likeness (QED) is 0.303. The van der Waals surface area contributed by atoms with Gasteiger partial charge in [0.15, 0.2) is 24.8 Å². The van der Waals surface area contributed by atoms with Gasteiger partial charge in [0.1, 0.15) is 19.3 Å². The normalized spacial score (nSPS) is 13.9. The van der Waals surface area contributed by atoms with Gasteiger partial charge in [-0.15, -0.1) is 9.15 Å². The maximum atomic E-state index is 10.6. The molecule has 7 nitrogen and oxygen atoms in total. The summed E-state index contributed by atoms with van der Waals surface area (Å²) in [6.45, 7) is 7.54. The van der Waals surface area contributed by atoms with Crippen molar-refractivity contribution in [3.63, 3.8) is 0 Å². The van der Waals surface area contributed by atoms with E-state index < -0.39 is 6.10 Å². The zero-order valence-electron chi connectivity index (χ0n) is 18.0. The lowest BCUT2D eigenvalue weighted by Crippen LogP contribution is -2.29. The fourth-order valence-corrected chi connectivity index (χ4v) is 2.78. The fraction of sp³-hybridized carbons (Fsp3) is 0.120. The third kappa shape index (κ3) is 7.00. The molecule has 0 bridgehead atoms. The summed E-state index contributed by atoms with van der Waals surface area (Å²) in [6.07, 6.45) is 8.19. The van der Waals surface area contributed by atoms with Crippen molar-refractivity contribution in [3.8, 4) is 0 Å². The smallest absolute Gasteiger partial charge is 0.380 e. The number of nitrogens with two attached hydrogens (primary N) is 2. The molecule has 5 N–H and O–H groups in total. The standard InChI is InChI=1S/C25H30N4O3/c1-3-28(17-15-26)24(21-11-7-5-8-12-21)31-19-23(30)20-32-25(29(4-2)18-16-27)22-13-9-6-10-14-22/h3-18,23,30H,1-2,19-20,26-27H2/q+2/b17-15-,18-16-,28-24?,29-25?. The molecule has 0 spiro atoms. The van der Waals surface area contributed by atoms with Gasteiger partial charge >= 0.3 is 11.8 Å². The van der Waals surface area contributed by atoms with Gasteiger partial charge in [-0.05, 0) is 37.4 Å². The Morgan fingerprint density at radius 2 is 1.16 bits per heavy atom. The van der Waals surface area contributed by atoms with Crippen LogP contribution in [0.1, 0.15) is 11.1 Å². The molecule has 0 saturated heterocycles. The highest BCUT2D eigenvalue weighted by Gasteiger charge is 2.21. The first-order valence-corrected chi connectivity index (χ1v) is 10.0. The molecule has 0 heterocycles. The third-order valence-corrected chi connectivity index (χ3v) is 4.22. The van der Waals surface area contributed by atoms with E-state index in [9.17, 15) is 5.11 Å². The SMILES string of the molecule is C=C[N+](/C=C\N)=C(OCC(O)COC(c1ccccc1)=[N+](C=C)/C=C\N)c1ccccc1. The molecule has 32 heavy (non-hydrogen) atoms. The second-order valence-electron chi connectivity index (χ2n) is 6.48. The van der Waals surface area contributed by atoms with Crippen molar-refractivity contribution in [2.75, 3.05) is 13.2 Å². The summed E-state index contributed by atoms with van der Waals surface area (Å²) in [6, 6.07) is 18.9. The average molecular weight is 435 g/mol. The number of nitrogens with zero attached hydrogens (tertiary/aromatic N) is 2. The first-order valence-electron chi connectivity index (χ1n) is 10.0. The lowest BCUT2D eigenvalue weighted by Gasteiger charge is -2.13. The molecular weight excluding hydrogens is 404 g/mol. The van der Waals surface area contributed by atoms with Crippen molar-refractivity contribution in [2.45, 2.75) is 6.10 Å². The van der Waals surface area contributed by atoms with Gasteiger partial charge in [-0.1, -0.05) is 36.4 Å². The molecule has 2 aromatic rings. The van der Waals surface area contributed by atoms with Gasteiger partial charge in [0.2, 0.25) is 0 Å². The van der Waals surface area contributed by atoms with E-state index in [0.717, 1.165) is 11.1 Å². The predicted octanol–water partition coefficient (Wildman–Crippen LogP) is 2.45. The summed E-state index contributed by atoms with van der Waals surface area (Å²) < 4.78 is 15.1.